The van der Waals surface area contributed by atoms with Gasteiger partial charge < -0.3 is 11.1 Å². The zero-order valence-electron chi connectivity index (χ0n) is 8.36. The van der Waals surface area contributed by atoms with Crippen molar-refractivity contribution in [1.29, 1.82) is 0 Å². The van der Waals surface area contributed by atoms with E-state index in [1.807, 2.05) is 0 Å². The van der Waals surface area contributed by atoms with Gasteiger partial charge in [0.25, 0.3) is 0 Å². The van der Waals surface area contributed by atoms with Gasteiger partial charge in [0.1, 0.15) is 0 Å². The number of hydrogen-bond acceptors (Lipinski definition) is 2. The first-order valence-electron chi connectivity index (χ1n) is 4.47. The molecule has 0 fully saturated rings. The summed E-state index contributed by atoms with van der Waals surface area (Å²) in [4.78, 5) is 22.0. The summed E-state index contributed by atoms with van der Waals surface area (Å²) in [6, 6.07) is 6.47. The first-order valence-corrected chi connectivity index (χ1v) is 4.47. The first-order chi connectivity index (χ1) is 7.13. The number of allylic oxidation sites excluding steroid dienone is 1. The Kier molecular flexibility index (Phi) is 3.62. The number of hydrogen-bond donors (Lipinski definition) is 2. The van der Waals surface area contributed by atoms with Gasteiger partial charge in [0.15, 0.2) is 0 Å². The predicted molar refractivity (Wildman–Crippen MR) is 58.4 cm³/mol. The number of anilines is 1. The van der Waals surface area contributed by atoms with Gasteiger partial charge in [-0.1, -0.05) is 12.1 Å². The zero-order chi connectivity index (χ0) is 11.3. The largest absolute Gasteiger partial charge is 0.366 e. The zero-order valence-corrected chi connectivity index (χ0v) is 8.36. The van der Waals surface area contributed by atoms with Crippen molar-refractivity contribution in [2.45, 2.75) is 6.92 Å². The van der Waals surface area contributed by atoms with Crippen LogP contribution in [0.5, 0.6) is 0 Å². The SMILES string of the molecule is CC=CC(=O)Nc1cccc(C(N)=O)c1. The van der Waals surface area contributed by atoms with Crippen LogP contribution in [0.15, 0.2) is 36.4 Å². The van der Waals surface area contributed by atoms with E-state index in [1.165, 1.54) is 12.1 Å². The monoisotopic (exact) mass is 204 g/mol. The summed E-state index contributed by atoms with van der Waals surface area (Å²) < 4.78 is 0. The lowest BCUT2D eigenvalue weighted by molar-refractivity contribution is -0.111. The maximum absolute atomic E-state index is 11.2. The predicted octanol–water partition coefficient (Wildman–Crippen LogP) is 1.30. The third-order valence-corrected chi connectivity index (χ3v) is 1.73. The summed E-state index contributed by atoms with van der Waals surface area (Å²) in [7, 11) is 0. The molecule has 0 heterocycles. The number of primary amides is 1. The van der Waals surface area contributed by atoms with E-state index < -0.39 is 5.91 Å². The van der Waals surface area contributed by atoms with Gasteiger partial charge in [0, 0.05) is 11.3 Å². The molecule has 0 radical (unpaired) electrons. The molecule has 0 aliphatic carbocycles. The van der Waals surface area contributed by atoms with Crippen LogP contribution in [0, 0.1) is 0 Å². The summed E-state index contributed by atoms with van der Waals surface area (Å²) in [5, 5.41) is 2.60. The Morgan fingerprint density at radius 2 is 2.13 bits per heavy atom. The van der Waals surface area contributed by atoms with Gasteiger partial charge in [0.05, 0.1) is 0 Å². The van der Waals surface area contributed by atoms with Crippen LogP contribution in [0.3, 0.4) is 0 Å². The average molecular weight is 204 g/mol. The molecule has 0 saturated carbocycles. The molecule has 0 aromatic heterocycles. The highest BCUT2D eigenvalue weighted by Crippen LogP contribution is 2.09. The van der Waals surface area contributed by atoms with E-state index in [2.05, 4.69) is 5.32 Å². The van der Waals surface area contributed by atoms with Crippen LogP contribution in [0.2, 0.25) is 0 Å². The summed E-state index contributed by atoms with van der Waals surface area (Å²) in [6.07, 6.45) is 3.03. The maximum atomic E-state index is 11.2. The average Bonchev–Trinajstić information content (AvgIpc) is 2.18. The van der Waals surface area contributed by atoms with Crippen LogP contribution < -0.4 is 11.1 Å². The highest BCUT2D eigenvalue weighted by molar-refractivity contribution is 6.00. The van der Waals surface area contributed by atoms with Gasteiger partial charge in [-0.2, -0.15) is 0 Å². The van der Waals surface area contributed by atoms with E-state index >= 15 is 0 Å². The molecule has 1 aromatic rings. The molecule has 4 nitrogen and oxygen atoms in total. The molecule has 78 valence electrons. The molecule has 0 unspecified atom stereocenters. The van der Waals surface area contributed by atoms with Crippen molar-refractivity contribution < 1.29 is 9.59 Å². The van der Waals surface area contributed by atoms with Crippen LogP contribution in [0.4, 0.5) is 5.69 Å². The second-order valence-electron chi connectivity index (χ2n) is 2.93. The molecule has 0 bridgehead atoms. The van der Waals surface area contributed by atoms with Gasteiger partial charge in [-0.3, -0.25) is 9.59 Å². The maximum Gasteiger partial charge on any atom is 0.248 e. The fourth-order valence-corrected chi connectivity index (χ4v) is 1.09. The molecule has 0 atom stereocenters. The second-order valence-corrected chi connectivity index (χ2v) is 2.93. The van der Waals surface area contributed by atoms with Crippen molar-refractivity contribution in [3.8, 4) is 0 Å². The summed E-state index contributed by atoms with van der Waals surface area (Å²) in [6.45, 7) is 1.75. The summed E-state index contributed by atoms with van der Waals surface area (Å²) in [5.41, 5.74) is 6.03. The molecule has 0 saturated heterocycles. The van der Waals surface area contributed by atoms with E-state index in [1.54, 1.807) is 31.2 Å². The minimum absolute atomic E-state index is 0.237. The Morgan fingerprint density at radius 3 is 2.73 bits per heavy atom. The molecule has 3 N–H and O–H groups in total. The smallest absolute Gasteiger partial charge is 0.248 e. The topological polar surface area (TPSA) is 72.2 Å². The van der Waals surface area contributed by atoms with E-state index in [-0.39, 0.29) is 5.91 Å². The molecule has 4 heteroatoms. The lowest BCUT2D eigenvalue weighted by Crippen LogP contribution is -2.12. The third kappa shape index (κ3) is 3.27. The molecule has 15 heavy (non-hydrogen) atoms. The molecular weight excluding hydrogens is 192 g/mol. The number of rotatable bonds is 3. The molecule has 1 aromatic carbocycles. The van der Waals surface area contributed by atoms with Gasteiger partial charge in [-0.05, 0) is 31.2 Å². The van der Waals surface area contributed by atoms with Crippen LogP contribution in [0.1, 0.15) is 17.3 Å². The Hall–Kier alpha value is -2.10. The Bertz CT molecular complexity index is 411. The van der Waals surface area contributed by atoms with Crippen molar-refractivity contribution in [1.82, 2.24) is 0 Å². The number of nitrogens with one attached hydrogen (secondary N) is 1. The molecule has 0 aliphatic rings. The first kappa shape index (κ1) is 11.0. The number of nitrogens with two attached hydrogens (primary N) is 1. The highest BCUT2D eigenvalue weighted by atomic mass is 16.1. The highest BCUT2D eigenvalue weighted by Gasteiger charge is 2.02. The van der Waals surface area contributed by atoms with Crippen molar-refractivity contribution in [3.63, 3.8) is 0 Å². The minimum atomic E-state index is -0.517. The van der Waals surface area contributed by atoms with Crippen LogP contribution in [-0.4, -0.2) is 11.8 Å². The van der Waals surface area contributed by atoms with Crippen molar-refractivity contribution in [2.24, 2.45) is 5.73 Å². The number of benzene rings is 1. The standard InChI is InChI=1S/C11H12N2O2/c1-2-4-10(14)13-9-6-3-5-8(7-9)11(12)15/h2-7H,1H3,(H2,12,15)(H,13,14). The number of carbonyl (C=O) groups is 2. The van der Waals surface area contributed by atoms with E-state index in [9.17, 15) is 9.59 Å². The fraction of sp³-hybridized carbons (Fsp3) is 0.0909. The Labute approximate surface area is 87.8 Å². The fourth-order valence-electron chi connectivity index (χ4n) is 1.09. The van der Waals surface area contributed by atoms with Gasteiger partial charge in [0.2, 0.25) is 11.8 Å². The molecular formula is C11H12N2O2. The van der Waals surface area contributed by atoms with Gasteiger partial charge in [-0.25, -0.2) is 0 Å². The second kappa shape index (κ2) is 4.95. The lowest BCUT2D eigenvalue weighted by atomic mass is 10.2. The van der Waals surface area contributed by atoms with Crippen molar-refractivity contribution in [2.75, 3.05) is 5.32 Å². The van der Waals surface area contributed by atoms with Crippen molar-refractivity contribution in [3.05, 3.63) is 42.0 Å². The van der Waals surface area contributed by atoms with E-state index in [0.717, 1.165) is 0 Å². The Morgan fingerprint density at radius 1 is 1.40 bits per heavy atom. The van der Waals surface area contributed by atoms with Crippen LogP contribution in [-0.2, 0) is 4.79 Å². The molecule has 1 rings (SSSR count). The Balaban J connectivity index is 2.82. The minimum Gasteiger partial charge on any atom is -0.366 e. The molecule has 2 amide bonds. The van der Waals surface area contributed by atoms with E-state index in [4.69, 9.17) is 5.73 Å². The summed E-state index contributed by atoms with van der Waals surface area (Å²) >= 11 is 0. The quantitative estimate of drug-likeness (QED) is 0.728. The number of carbonyl (C=O) groups excluding carboxylic acids is 2. The molecule has 0 spiro atoms. The normalized spacial score (nSPS) is 10.2. The lowest BCUT2D eigenvalue weighted by Gasteiger charge is -2.03. The van der Waals surface area contributed by atoms with Crippen LogP contribution in [0.25, 0.3) is 0 Å². The van der Waals surface area contributed by atoms with Gasteiger partial charge >= 0.3 is 0 Å². The van der Waals surface area contributed by atoms with Gasteiger partial charge in [-0.15, -0.1) is 0 Å². The van der Waals surface area contributed by atoms with Crippen LogP contribution >= 0.6 is 0 Å². The molecule has 0 aliphatic heterocycles. The number of amides is 2. The summed E-state index contributed by atoms with van der Waals surface area (Å²) in [5.74, 6) is -0.753. The third-order valence-electron chi connectivity index (χ3n) is 1.73. The van der Waals surface area contributed by atoms with Crippen molar-refractivity contribution >= 4 is 17.5 Å². The van der Waals surface area contributed by atoms with E-state index in [0.29, 0.717) is 11.3 Å².